The molecule has 0 aliphatic carbocycles. The minimum absolute atomic E-state index is 0.0411. The molecule has 0 unspecified atom stereocenters. The standard InChI is InChI=1S/C17H17NO/c1-14(19)12-17(16-10-6-3-7-11-16)18-13-15-8-4-2-5-9-15/h2-12,18H,13H2,1H3/b17-12+. The summed E-state index contributed by atoms with van der Waals surface area (Å²) in [5.41, 5.74) is 3.07. The maximum atomic E-state index is 11.3. The van der Waals surface area contributed by atoms with Gasteiger partial charge in [0, 0.05) is 18.3 Å². The van der Waals surface area contributed by atoms with Crippen LogP contribution in [0.2, 0.25) is 0 Å². The van der Waals surface area contributed by atoms with Gasteiger partial charge < -0.3 is 5.32 Å². The van der Waals surface area contributed by atoms with Gasteiger partial charge in [-0.05, 0) is 18.1 Å². The van der Waals surface area contributed by atoms with Crippen LogP contribution in [-0.4, -0.2) is 5.78 Å². The number of rotatable bonds is 5. The highest BCUT2D eigenvalue weighted by Crippen LogP contribution is 2.12. The van der Waals surface area contributed by atoms with Gasteiger partial charge in [-0.15, -0.1) is 0 Å². The number of carbonyl (C=O) groups is 1. The lowest BCUT2D eigenvalue weighted by molar-refractivity contribution is -0.112. The summed E-state index contributed by atoms with van der Waals surface area (Å²) in [5.74, 6) is 0.0411. The van der Waals surface area contributed by atoms with Crippen molar-refractivity contribution in [2.75, 3.05) is 0 Å². The Kier molecular flexibility index (Phi) is 4.51. The van der Waals surface area contributed by atoms with E-state index >= 15 is 0 Å². The Morgan fingerprint density at radius 3 is 2.16 bits per heavy atom. The van der Waals surface area contributed by atoms with Gasteiger partial charge in [0.1, 0.15) is 0 Å². The van der Waals surface area contributed by atoms with Crippen molar-refractivity contribution < 1.29 is 4.79 Å². The maximum absolute atomic E-state index is 11.3. The van der Waals surface area contributed by atoms with Gasteiger partial charge in [-0.1, -0.05) is 60.7 Å². The molecule has 0 bridgehead atoms. The molecule has 0 fully saturated rings. The molecule has 0 spiro atoms. The van der Waals surface area contributed by atoms with Gasteiger partial charge in [-0.2, -0.15) is 0 Å². The summed E-state index contributed by atoms with van der Waals surface area (Å²) in [5, 5.41) is 3.32. The third-order valence-corrected chi connectivity index (χ3v) is 2.76. The van der Waals surface area contributed by atoms with Crippen LogP contribution >= 0.6 is 0 Å². The average Bonchev–Trinajstić information content (AvgIpc) is 2.45. The SMILES string of the molecule is CC(=O)/C=C(/NCc1ccccc1)c1ccccc1. The Labute approximate surface area is 113 Å². The van der Waals surface area contributed by atoms with E-state index in [1.54, 1.807) is 13.0 Å². The van der Waals surface area contributed by atoms with E-state index in [1.807, 2.05) is 48.5 Å². The van der Waals surface area contributed by atoms with Crippen LogP contribution in [0.25, 0.3) is 5.70 Å². The molecular weight excluding hydrogens is 234 g/mol. The van der Waals surface area contributed by atoms with Crippen molar-refractivity contribution in [2.45, 2.75) is 13.5 Å². The van der Waals surface area contributed by atoms with Gasteiger partial charge in [0.25, 0.3) is 0 Å². The summed E-state index contributed by atoms with van der Waals surface area (Å²) in [6, 6.07) is 20.0. The molecule has 0 amide bonds. The van der Waals surface area contributed by atoms with Crippen molar-refractivity contribution in [1.29, 1.82) is 0 Å². The Bertz CT molecular complexity index is 558. The Balaban J connectivity index is 2.14. The number of carbonyl (C=O) groups excluding carboxylic acids is 1. The molecular formula is C17H17NO. The zero-order valence-corrected chi connectivity index (χ0v) is 11.0. The van der Waals surface area contributed by atoms with Crippen molar-refractivity contribution in [1.82, 2.24) is 5.32 Å². The largest absolute Gasteiger partial charge is 0.380 e. The first-order valence-corrected chi connectivity index (χ1v) is 6.31. The second-order valence-corrected chi connectivity index (χ2v) is 4.37. The summed E-state index contributed by atoms with van der Waals surface area (Å²) in [7, 11) is 0. The first kappa shape index (κ1) is 13.1. The molecule has 0 atom stereocenters. The molecule has 1 N–H and O–H groups in total. The molecule has 2 heteroatoms. The lowest BCUT2D eigenvalue weighted by atomic mass is 10.1. The van der Waals surface area contributed by atoms with Crippen LogP contribution in [0.15, 0.2) is 66.7 Å². The van der Waals surface area contributed by atoms with E-state index in [9.17, 15) is 4.79 Å². The summed E-state index contributed by atoms with van der Waals surface area (Å²) < 4.78 is 0. The fourth-order valence-corrected chi connectivity index (χ4v) is 1.85. The number of nitrogens with one attached hydrogen (secondary N) is 1. The third-order valence-electron chi connectivity index (χ3n) is 2.76. The molecule has 0 aliphatic rings. The van der Waals surface area contributed by atoms with Gasteiger partial charge in [0.2, 0.25) is 0 Å². The van der Waals surface area contributed by atoms with E-state index in [2.05, 4.69) is 17.4 Å². The minimum Gasteiger partial charge on any atom is -0.380 e. The van der Waals surface area contributed by atoms with Crippen molar-refractivity contribution in [2.24, 2.45) is 0 Å². The van der Waals surface area contributed by atoms with E-state index in [1.165, 1.54) is 5.56 Å². The molecule has 96 valence electrons. The normalized spacial score (nSPS) is 11.1. The number of hydrogen-bond donors (Lipinski definition) is 1. The van der Waals surface area contributed by atoms with Crippen LogP contribution < -0.4 is 5.32 Å². The van der Waals surface area contributed by atoms with Crippen LogP contribution in [0.5, 0.6) is 0 Å². The van der Waals surface area contributed by atoms with E-state index in [0.29, 0.717) is 6.54 Å². The third kappa shape index (κ3) is 4.11. The number of ketones is 1. The molecule has 19 heavy (non-hydrogen) atoms. The Morgan fingerprint density at radius 1 is 1.00 bits per heavy atom. The van der Waals surface area contributed by atoms with Crippen LogP contribution in [0.1, 0.15) is 18.1 Å². The first-order chi connectivity index (χ1) is 9.25. The molecule has 2 aromatic rings. The molecule has 2 nitrogen and oxygen atoms in total. The molecule has 0 aromatic heterocycles. The lowest BCUT2D eigenvalue weighted by Crippen LogP contribution is -2.12. The van der Waals surface area contributed by atoms with E-state index in [4.69, 9.17) is 0 Å². The van der Waals surface area contributed by atoms with Crippen LogP contribution in [0.3, 0.4) is 0 Å². The highest BCUT2D eigenvalue weighted by atomic mass is 16.1. The van der Waals surface area contributed by atoms with Crippen LogP contribution in [0.4, 0.5) is 0 Å². The van der Waals surface area contributed by atoms with Crippen molar-refractivity contribution in [3.63, 3.8) is 0 Å². The number of hydrogen-bond acceptors (Lipinski definition) is 2. The van der Waals surface area contributed by atoms with Crippen molar-refractivity contribution in [3.05, 3.63) is 77.9 Å². The zero-order chi connectivity index (χ0) is 13.5. The molecule has 2 rings (SSSR count). The summed E-state index contributed by atoms with van der Waals surface area (Å²) in [6.07, 6.45) is 1.64. The van der Waals surface area contributed by atoms with Gasteiger partial charge in [0.05, 0.1) is 0 Å². The molecule has 0 saturated heterocycles. The molecule has 0 radical (unpaired) electrons. The average molecular weight is 251 g/mol. The highest BCUT2D eigenvalue weighted by Gasteiger charge is 2.02. The lowest BCUT2D eigenvalue weighted by Gasteiger charge is -2.11. The van der Waals surface area contributed by atoms with Crippen molar-refractivity contribution >= 4 is 11.5 Å². The van der Waals surface area contributed by atoms with Gasteiger partial charge in [-0.25, -0.2) is 0 Å². The Morgan fingerprint density at radius 2 is 1.58 bits per heavy atom. The smallest absolute Gasteiger partial charge is 0.154 e. The fraction of sp³-hybridized carbons (Fsp3) is 0.118. The van der Waals surface area contributed by atoms with E-state index in [0.717, 1.165) is 11.3 Å². The van der Waals surface area contributed by atoms with Crippen LogP contribution in [-0.2, 0) is 11.3 Å². The quantitative estimate of drug-likeness (QED) is 0.825. The van der Waals surface area contributed by atoms with Crippen LogP contribution in [0, 0.1) is 0 Å². The zero-order valence-electron chi connectivity index (χ0n) is 11.0. The van der Waals surface area contributed by atoms with Crippen molar-refractivity contribution in [3.8, 4) is 0 Å². The molecule has 0 heterocycles. The van der Waals surface area contributed by atoms with E-state index < -0.39 is 0 Å². The maximum Gasteiger partial charge on any atom is 0.154 e. The Hall–Kier alpha value is -2.35. The summed E-state index contributed by atoms with van der Waals surface area (Å²) in [4.78, 5) is 11.3. The molecule has 0 saturated carbocycles. The second-order valence-electron chi connectivity index (χ2n) is 4.37. The van der Waals surface area contributed by atoms with Gasteiger partial charge in [0.15, 0.2) is 5.78 Å². The second kappa shape index (κ2) is 6.55. The van der Waals surface area contributed by atoms with Gasteiger partial charge >= 0.3 is 0 Å². The predicted octanol–water partition coefficient (Wildman–Crippen LogP) is 3.41. The summed E-state index contributed by atoms with van der Waals surface area (Å²) in [6.45, 7) is 2.27. The fourth-order valence-electron chi connectivity index (χ4n) is 1.85. The number of benzene rings is 2. The summed E-state index contributed by atoms with van der Waals surface area (Å²) >= 11 is 0. The molecule has 0 aliphatic heterocycles. The topological polar surface area (TPSA) is 29.1 Å². The minimum atomic E-state index is 0.0411. The van der Waals surface area contributed by atoms with Gasteiger partial charge in [-0.3, -0.25) is 4.79 Å². The predicted molar refractivity (Wildman–Crippen MR) is 78.4 cm³/mol. The van der Waals surface area contributed by atoms with E-state index in [-0.39, 0.29) is 5.78 Å². The monoisotopic (exact) mass is 251 g/mol. The first-order valence-electron chi connectivity index (χ1n) is 6.31. The number of allylic oxidation sites excluding steroid dienone is 1. The molecule has 2 aromatic carbocycles. The highest BCUT2D eigenvalue weighted by molar-refractivity contribution is 5.94.